The molecule has 1 saturated carbocycles. The summed E-state index contributed by atoms with van der Waals surface area (Å²) in [5, 5.41) is 5.78. The zero-order valence-electron chi connectivity index (χ0n) is 10.3. The molecule has 4 heteroatoms. The number of hydrogen-bond acceptors (Lipinski definition) is 2. The lowest BCUT2D eigenvalue weighted by Crippen LogP contribution is -2.42. The summed E-state index contributed by atoms with van der Waals surface area (Å²) in [6.07, 6.45) is 3.36. The van der Waals surface area contributed by atoms with Crippen molar-refractivity contribution in [2.24, 2.45) is 0 Å². The van der Waals surface area contributed by atoms with E-state index < -0.39 is 0 Å². The number of aryl methyl sites for hydroxylation is 1. The predicted molar refractivity (Wildman–Crippen MR) is 70.1 cm³/mol. The van der Waals surface area contributed by atoms with Crippen molar-refractivity contribution in [1.29, 1.82) is 0 Å². The van der Waals surface area contributed by atoms with Gasteiger partial charge in [-0.25, -0.2) is 4.79 Å². The maximum Gasteiger partial charge on any atom is 0.319 e. The van der Waals surface area contributed by atoms with Gasteiger partial charge in [-0.3, -0.25) is 0 Å². The van der Waals surface area contributed by atoms with E-state index >= 15 is 0 Å². The van der Waals surface area contributed by atoms with Gasteiger partial charge in [0.25, 0.3) is 0 Å². The van der Waals surface area contributed by atoms with E-state index in [0.29, 0.717) is 11.7 Å². The molecule has 4 N–H and O–H groups in total. The molecule has 0 aliphatic heterocycles. The minimum atomic E-state index is -0.157. The minimum Gasteiger partial charge on any atom is -0.397 e. The molecule has 0 unspecified atom stereocenters. The minimum absolute atomic E-state index is 0.157. The SMILES string of the molecule is Cc1ccc(N)c(NC(=O)NC2CCC2)c1C. The van der Waals surface area contributed by atoms with Crippen LogP contribution in [0, 0.1) is 13.8 Å². The Bertz CT molecular complexity index is 439. The first-order chi connectivity index (χ1) is 8.08. The van der Waals surface area contributed by atoms with Gasteiger partial charge in [-0.1, -0.05) is 6.07 Å². The molecule has 1 fully saturated rings. The first-order valence-electron chi connectivity index (χ1n) is 6.01. The molecule has 0 spiro atoms. The molecular formula is C13H19N3O. The van der Waals surface area contributed by atoms with Crippen molar-refractivity contribution >= 4 is 17.4 Å². The monoisotopic (exact) mass is 233 g/mol. The smallest absolute Gasteiger partial charge is 0.319 e. The highest BCUT2D eigenvalue weighted by molar-refractivity contribution is 5.94. The topological polar surface area (TPSA) is 67.1 Å². The van der Waals surface area contributed by atoms with E-state index in [1.807, 2.05) is 26.0 Å². The van der Waals surface area contributed by atoms with Crippen LogP contribution in [0.4, 0.5) is 16.2 Å². The van der Waals surface area contributed by atoms with Gasteiger partial charge in [0.05, 0.1) is 11.4 Å². The van der Waals surface area contributed by atoms with Gasteiger partial charge in [0, 0.05) is 6.04 Å². The Kier molecular flexibility index (Phi) is 3.22. The van der Waals surface area contributed by atoms with Crippen LogP contribution in [-0.4, -0.2) is 12.1 Å². The lowest BCUT2D eigenvalue weighted by molar-refractivity contribution is 0.240. The van der Waals surface area contributed by atoms with Crippen LogP contribution < -0.4 is 16.4 Å². The van der Waals surface area contributed by atoms with Crippen molar-refractivity contribution in [2.75, 3.05) is 11.1 Å². The van der Waals surface area contributed by atoms with Gasteiger partial charge in [0.1, 0.15) is 0 Å². The Morgan fingerprint density at radius 2 is 2.06 bits per heavy atom. The second kappa shape index (κ2) is 4.65. The van der Waals surface area contributed by atoms with Gasteiger partial charge in [0.15, 0.2) is 0 Å². The third kappa shape index (κ3) is 2.52. The molecule has 0 radical (unpaired) electrons. The molecule has 2 amide bonds. The summed E-state index contributed by atoms with van der Waals surface area (Å²) in [7, 11) is 0. The van der Waals surface area contributed by atoms with Crippen LogP contribution in [-0.2, 0) is 0 Å². The van der Waals surface area contributed by atoms with Crippen LogP contribution >= 0.6 is 0 Å². The molecule has 1 aromatic rings. The van der Waals surface area contributed by atoms with Crippen molar-refractivity contribution < 1.29 is 4.79 Å². The van der Waals surface area contributed by atoms with E-state index in [9.17, 15) is 4.79 Å². The van der Waals surface area contributed by atoms with Crippen molar-refractivity contribution in [1.82, 2.24) is 5.32 Å². The van der Waals surface area contributed by atoms with Crippen LogP contribution in [0.15, 0.2) is 12.1 Å². The molecule has 2 rings (SSSR count). The van der Waals surface area contributed by atoms with Crippen LogP contribution in [0.5, 0.6) is 0 Å². The number of nitrogens with one attached hydrogen (secondary N) is 2. The molecule has 0 aromatic heterocycles. The van der Waals surface area contributed by atoms with E-state index in [-0.39, 0.29) is 6.03 Å². The first kappa shape index (κ1) is 11.8. The molecule has 92 valence electrons. The lowest BCUT2D eigenvalue weighted by atomic mass is 9.93. The maximum atomic E-state index is 11.8. The predicted octanol–water partition coefficient (Wildman–Crippen LogP) is 2.56. The number of carbonyl (C=O) groups is 1. The van der Waals surface area contributed by atoms with Gasteiger partial charge in [-0.2, -0.15) is 0 Å². The van der Waals surface area contributed by atoms with Gasteiger partial charge in [0.2, 0.25) is 0 Å². The van der Waals surface area contributed by atoms with Crippen LogP contribution in [0.1, 0.15) is 30.4 Å². The zero-order valence-corrected chi connectivity index (χ0v) is 10.3. The number of amides is 2. The van der Waals surface area contributed by atoms with Crippen molar-refractivity contribution in [3.63, 3.8) is 0 Å². The molecule has 0 heterocycles. The molecule has 0 saturated heterocycles. The summed E-state index contributed by atoms with van der Waals surface area (Å²) in [5.74, 6) is 0. The fraction of sp³-hybridized carbons (Fsp3) is 0.462. The number of rotatable bonds is 2. The summed E-state index contributed by atoms with van der Waals surface area (Å²) in [4.78, 5) is 11.8. The zero-order chi connectivity index (χ0) is 12.4. The van der Waals surface area contributed by atoms with Crippen molar-refractivity contribution in [3.8, 4) is 0 Å². The van der Waals surface area contributed by atoms with Gasteiger partial charge < -0.3 is 16.4 Å². The highest BCUT2D eigenvalue weighted by Gasteiger charge is 2.20. The van der Waals surface area contributed by atoms with Crippen molar-refractivity contribution in [3.05, 3.63) is 23.3 Å². The second-order valence-electron chi connectivity index (χ2n) is 4.70. The average molecular weight is 233 g/mol. The summed E-state index contributed by atoms with van der Waals surface area (Å²) in [6, 6.07) is 3.96. The van der Waals surface area contributed by atoms with E-state index in [2.05, 4.69) is 10.6 Å². The number of hydrogen-bond donors (Lipinski definition) is 3. The Morgan fingerprint density at radius 1 is 1.35 bits per heavy atom. The number of nitrogen functional groups attached to an aromatic ring is 1. The summed E-state index contributed by atoms with van der Waals surface area (Å²) in [6.45, 7) is 3.97. The summed E-state index contributed by atoms with van der Waals surface area (Å²) >= 11 is 0. The largest absolute Gasteiger partial charge is 0.397 e. The van der Waals surface area contributed by atoms with Gasteiger partial charge >= 0.3 is 6.03 Å². The molecule has 0 bridgehead atoms. The standard InChI is InChI=1S/C13H19N3O/c1-8-6-7-11(14)12(9(8)2)16-13(17)15-10-4-3-5-10/h6-7,10H,3-5,14H2,1-2H3,(H2,15,16,17). The quantitative estimate of drug-likeness (QED) is 0.687. The lowest BCUT2D eigenvalue weighted by Gasteiger charge is -2.26. The highest BCUT2D eigenvalue weighted by Crippen LogP contribution is 2.26. The number of anilines is 2. The summed E-state index contributed by atoms with van der Waals surface area (Å²) in [5.41, 5.74) is 9.35. The van der Waals surface area contributed by atoms with E-state index in [1.54, 1.807) is 0 Å². The van der Waals surface area contributed by atoms with Crippen LogP contribution in [0.3, 0.4) is 0 Å². The van der Waals surface area contributed by atoms with Crippen molar-refractivity contribution in [2.45, 2.75) is 39.2 Å². The molecule has 1 aromatic carbocycles. The molecule has 17 heavy (non-hydrogen) atoms. The third-order valence-corrected chi connectivity index (χ3v) is 3.45. The molecular weight excluding hydrogens is 214 g/mol. The maximum absolute atomic E-state index is 11.8. The number of carbonyl (C=O) groups excluding carboxylic acids is 1. The number of nitrogens with two attached hydrogens (primary N) is 1. The summed E-state index contributed by atoms with van der Waals surface area (Å²) < 4.78 is 0. The Labute approximate surface area is 102 Å². The van der Waals surface area contributed by atoms with Gasteiger partial charge in [-0.05, 0) is 50.3 Å². The fourth-order valence-corrected chi connectivity index (χ4v) is 1.89. The highest BCUT2D eigenvalue weighted by atomic mass is 16.2. The fourth-order valence-electron chi connectivity index (χ4n) is 1.89. The van der Waals surface area contributed by atoms with E-state index in [1.165, 1.54) is 6.42 Å². The molecule has 1 aliphatic rings. The first-order valence-corrected chi connectivity index (χ1v) is 6.01. The Morgan fingerprint density at radius 3 is 2.65 bits per heavy atom. The van der Waals surface area contributed by atoms with E-state index in [4.69, 9.17) is 5.73 Å². The normalized spacial score (nSPS) is 15.2. The molecule has 4 nitrogen and oxygen atoms in total. The van der Waals surface area contributed by atoms with Crippen LogP contribution in [0.2, 0.25) is 0 Å². The van der Waals surface area contributed by atoms with E-state index in [0.717, 1.165) is 29.7 Å². The Hall–Kier alpha value is -1.71. The van der Waals surface area contributed by atoms with Crippen LogP contribution in [0.25, 0.3) is 0 Å². The number of urea groups is 1. The average Bonchev–Trinajstić information content (AvgIpc) is 2.24. The molecule has 0 atom stereocenters. The molecule has 1 aliphatic carbocycles. The van der Waals surface area contributed by atoms with Gasteiger partial charge in [-0.15, -0.1) is 0 Å². The third-order valence-electron chi connectivity index (χ3n) is 3.45. The number of benzene rings is 1. The Balaban J connectivity index is 2.06. The second-order valence-corrected chi connectivity index (χ2v) is 4.70.